The third kappa shape index (κ3) is 6.96. The minimum atomic E-state index is -0.840. The zero-order chi connectivity index (χ0) is 25.2. The first-order valence-corrected chi connectivity index (χ1v) is 11.7. The zero-order valence-corrected chi connectivity index (χ0v) is 19.6. The minimum Gasteiger partial charge on any atom is -0.451 e. The highest BCUT2D eigenvalue weighted by atomic mass is 16.5. The van der Waals surface area contributed by atoms with Gasteiger partial charge < -0.3 is 25.1 Å². The quantitative estimate of drug-likeness (QED) is 0.278. The van der Waals surface area contributed by atoms with Crippen LogP contribution in [0.1, 0.15) is 29.0 Å². The molecule has 4 aromatic rings. The Kier molecular flexibility index (Phi) is 8.32. The molecule has 0 aliphatic rings. The Morgan fingerprint density at radius 3 is 2.31 bits per heavy atom. The number of anilines is 1. The van der Waals surface area contributed by atoms with Gasteiger partial charge in [0.1, 0.15) is 18.2 Å². The number of benzene rings is 3. The highest BCUT2D eigenvalue weighted by molar-refractivity contribution is 6.01. The average Bonchev–Trinajstić information content (AvgIpc) is 3.35. The fraction of sp³-hybridized carbons (Fsp3) is 0.179. The molecule has 8 heteroatoms. The van der Waals surface area contributed by atoms with E-state index in [0.29, 0.717) is 24.1 Å². The Hall–Kier alpha value is -4.59. The van der Waals surface area contributed by atoms with Crippen molar-refractivity contribution in [3.05, 3.63) is 102 Å². The summed E-state index contributed by atoms with van der Waals surface area (Å²) < 4.78 is 10.8. The minimum absolute atomic E-state index is 0.122. The number of fused-ring (bicyclic) bond motifs is 1. The molecule has 0 saturated heterocycles. The standard InChI is InChI=1S/C28H27N3O5/c32-26(30-22-13-5-2-6-14-22)23(31-27(33)25-18-21-12-7-8-16-24(21)36-25)15-9-17-29-28(34)35-19-20-10-3-1-4-11-20/h1-8,10-14,16,18,23H,9,15,17,19H2,(H,29,34)(H,30,32)(H,31,33)/t23-/m0/s1. The third-order valence-electron chi connectivity index (χ3n) is 5.46. The van der Waals surface area contributed by atoms with E-state index in [0.717, 1.165) is 10.9 Å². The van der Waals surface area contributed by atoms with Gasteiger partial charge in [-0.1, -0.05) is 66.7 Å². The number of ether oxygens (including phenoxy) is 1. The van der Waals surface area contributed by atoms with Crippen molar-refractivity contribution >= 4 is 34.6 Å². The van der Waals surface area contributed by atoms with Gasteiger partial charge in [-0.05, 0) is 42.7 Å². The molecule has 0 saturated carbocycles. The van der Waals surface area contributed by atoms with E-state index >= 15 is 0 Å². The number of carbonyl (C=O) groups excluding carboxylic acids is 3. The molecule has 1 atom stereocenters. The molecule has 0 fully saturated rings. The third-order valence-corrected chi connectivity index (χ3v) is 5.46. The fourth-order valence-electron chi connectivity index (χ4n) is 3.61. The summed E-state index contributed by atoms with van der Waals surface area (Å²) >= 11 is 0. The second-order valence-corrected chi connectivity index (χ2v) is 8.16. The molecule has 0 aliphatic carbocycles. The molecule has 4 rings (SSSR count). The molecule has 8 nitrogen and oxygen atoms in total. The summed E-state index contributed by atoms with van der Waals surface area (Å²) in [5.41, 5.74) is 2.10. The van der Waals surface area contributed by atoms with Crippen molar-refractivity contribution < 1.29 is 23.5 Å². The molecule has 3 amide bonds. The molecule has 3 aromatic carbocycles. The highest BCUT2D eigenvalue weighted by Gasteiger charge is 2.23. The van der Waals surface area contributed by atoms with Gasteiger partial charge in [-0.25, -0.2) is 4.79 Å². The maximum absolute atomic E-state index is 13.0. The SMILES string of the molecule is O=C(NCCC[C@H](NC(=O)c1cc2ccccc2o1)C(=O)Nc1ccccc1)OCc1ccccc1. The average molecular weight is 486 g/mol. The van der Waals surface area contributed by atoms with E-state index in [1.165, 1.54) is 0 Å². The van der Waals surface area contributed by atoms with Crippen molar-refractivity contribution in [1.82, 2.24) is 10.6 Å². The summed E-state index contributed by atoms with van der Waals surface area (Å²) in [7, 11) is 0. The van der Waals surface area contributed by atoms with Gasteiger partial charge >= 0.3 is 6.09 Å². The summed E-state index contributed by atoms with van der Waals surface area (Å²) in [6, 6.07) is 26.5. The second kappa shape index (κ2) is 12.2. The predicted octanol–water partition coefficient (Wildman–Crippen LogP) is 4.88. The van der Waals surface area contributed by atoms with Crippen LogP contribution < -0.4 is 16.0 Å². The Morgan fingerprint density at radius 2 is 1.56 bits per heavy atom. The van der Waals surface area contributed by atoms with Crippen molar-refractivity contribution in [2.24, 2.45) is 0 Å². The summed E-state index contributed by atoms with van der Waals surface area (Å²) in [4.78, 5) is 37.8. The van der Waals surface area contributed by atoms with Crippen LogP contribution in [-0.4, -0.2) is 30.5 Å². The smallest absolute Gasteiger partial charge is 0.407 e. The van der Waals surface area contributed by atoms with Crippen LogP contribution in [0.5, 0.6) is 0 Å². The molecule has 1 aromatic heterocycles. The van der Waals surface area contributed by atoms with E-state index in [4.69, 9.17) is 9.15 Å². The number of furan rings is 1. The van der Waals surface area contributed by atoms with Crippen LogP contribution >= 0.6 is 0 Å². The number of hydrogen-bond acceptors (Lipinski definition) is 5. The summed E-state index contributed by atoms with van der Waals surface area (Å²) in [6.07, 6.45) is 0.188. The second-order valence-electron chi connectivity index (χ2n) is 8.16. The lowest BCUT2D eigenvalue weighted by Gasteiger charge is -2.18. The van der Waals surface area contributed by atoms with Crippen LogP contribution in [0.3, 0.4) is 0 Å². The largest absolute Gasteiger partial charge is 0.451 e. The van der Waals surface area contributed by atoms with Crippen molar-refractivity contribution in [3.8, 4) is 0 Å². The summed E-state index contributed by atoms with van der Waals surface area (Å²) in [5, 5.41) is 9.05. The zero-order valence-electron chi connectivity index (χ0n) is 19.6. The van der Waals surface area contributed by atoms with Gasteiger partial charge in [-0.15, -0.1) is 0 Å². The van der Waals surface area contributed by atoms with Gasteiger partial charge in [0.25, 0.3) is 5.91 Å². The molecule has 36 heavy (non-hydrogen) atoms. The molecule has 1 heterocycles. The van der Waals surface area contributed by atoms with Crippen LogP contribution in [0.2, 0.25) is 0 Å². The number of para-hydroxylation sites is 2. The lowest BCUT2D eigenvalue weighted by molar-refractivity contribution is -0.118. The summed E-state index contributed by atoms with van der Waals surface area (Å²) in [5.74, 6) is -0.733. The highest BCUT2D eigenvalue weighted by Crippen LogP contribution is 2.19. The van der Waals surface area contributed by atoms with E-state index in [9.17, 15) is 14.4 Å². The monoisotopic (exact) mass is 485 g/mol. The first-order valence-electron chi connectivity index (χ1n) is 11.7. The maximum atomic E-state index is 13.0. The van der Waals surface area contributed by atoms with Crippen molar-refractivity contribution in [1.29, 1.82) is 0 Å². The van der Waals surface area contributed by atoms with Crippen LogP contribution in [0, 0.1) is 0 Å². The Morgan fingerprint density at radius 1 is 0.861 bits per heavy atom. The number of hydrogen-bond donors (Lipinski definition) is 3. The number of amides is 3. The van der Waals surface area contributed by atoms with Gasteiger partial charge in [-0.2, -0.15) is 0 Å². The normalized spacial score (nSPS) is 11.4. The van der Waals surface area contributed by atoms with Crippen LogP contribution in [0.25, 0.3) is 11.0 Å². The Labute approximate surface area is 208 Å². The van der Waals surface area contributed by atoms with E-state index in [2.05, 4.69) is 16.0 Å². The molecule has 0 unspecified atom stereocenters. The Balaban J connectivity index is 1.32. The predicted molar refractivity (Wildman–Crippen MR) is 136 cm³/mol. The van der Waals surface area contributed by atoms with Crippen LogP contribution in [-0.2, 0) is 16.1 Å². The lowest BCUT2D eigenvalue weighted by atomic mass is 10.1. The van der Waals surface area contributed by atoms with Gasteiger partial charge in [-0.3, -0.25) is 9.59 Å². The number of carbonyl (C=O) groups is 3. The molecular weight excluding hydrogens is 458 g/mol. The van der Waals surface area contributed by atoms with Crippen molar-refractivity contribution in [3.63, 3.8) is 0 Å². The van der Waals surface area contributed by atoms with Crippen molar-refractivity contribution in [2.45, 2.75) is 25.5 Å². The van der Waals surface area contributed by atoms with E-state index < -0.39 is 18.0 Å². The van der Waals surface area contributed by atoms with Gasteiger partial charge in [0.15, 0.2) is 5.76 Å². The number of alkyl carbamates (subject to hydrolysis) is 1. The first-order chi connectivity index (χ1) is 17.6. The van der Waals surface area contributed by atoms with Gasteiger partial charge in [0.2, 0.25) is 5.91 Å². The molecule has 0 spiro atoms. The van der Waals surface area contributed by atoms with Crippen LogP contribution in [0.15, 0.2) is 95.4 Å². The van der Waals surface area contributed by atoms with Gasteiger partial charge in [0.05, 0.1) is 0 Å². The van der Waals surface area contributed by atoms with Crippen molar-refractivity contribution in [2.75, 3.05) is 11.9 Å². The van der Waals surface area contributed by atoms with Crippen LogP contribution in [0.4, 0.5) is 10.5 Å². The summed E-state index contributed by atoms with van der Waals surface area (Å²) in [6.45, 7) is 0.450. The number of rotatable bonds is 10. The van der Waals surface area contributed by atoms with Gasteiger partial charge in [0, 0.05) is 17.6 Å². The molecule has 184 valence electrons. The first kappa shape index (κ1) is 24.5. The van der Waals surface area contributed by atoms with E-state index in [1.54, 1.807) is 24.3 Å². The fourth-order valence-corrected chi connectivity index (χ4v) is 3.61. The molecule has 0 bridgehead atoms. The molecule has 3 N–H and O–H groups in total. The molecule has 0 radical (unpaired) electrons. The van der Waals surface area contributed by atoms with E-state index in [-0.39, 0.29) is 24.8 Å². The molecular formula is C28H27N3O5. The number of nitrogens with one attached hydrogen (secondary N) is 3. The maximum Gasteiger partial charge on any atom is 0.407 e. The lowest BCUT2D eigenvalue weighted by Crippen LogP contribution is -2.44. The van der Waals surface area contributed by atoms with E-state index in [1.807, 2.05) is 66.7 Å². The topological polar surface area (TPSA) is 110 Å². The Bertz CT molecular complexity index is 1270. The molecule has 0 aliphatic heterocycles.